The Bertz CT molecular complexity index is 765. The molecule has 2 rings (SSSR count). The van der Waals surface area contributed by atoms with Crippen LogP contribution in [-0.2, 0) is 9.53 Å². The van der Waals surface area contributed by atoms with Crippen LogP contribution in [0.25, 0.3) is 0 Å². The largest absolute Gasteiger partial charge is 0.466 e. The smallest absolute Gasteiger partial charge is 0.306 e. The number of rotatable bonds is 11. The second-order valence-corrected chi connectivity index (χ2v) is 10.1. The quantitative estimate of drug-likeness (QED) is 0.299. The Hall–Kier alpha value is -1.86. The Morgan fingerprint density at radius 3 is 2.52 bits per heavy atom. The molecule has 1 aliphatic rings. The normalized spacial score (nSPS) is 16.2. The predicted molar refractivity (Wildman–Crippen MR) is 141 cm³/mol. The molecule has 0 aliphatic heterocycles. The first-order valence-electron chi connectivity index (χ1n) is 12.5. The van der Waals surface area contributed by atoms with Gasteiger partial charge >= 0.3 is 5.97 Å². The van der Waals surface area contributed by atoms with Gasteiger partial charge in [-0.3, -0.25) is 4.79 Å². The van der Waals surface area contributed by atoms with Crippen molar-refractivity contribution in [2.45, 2.75) is 91.1 Å². The Morgan fingerprint density at radius 2 is 1.91 bits per heavy atom. The molecule has 6 nitrogen and oxygen atoms in total. The minimum absolute atomic E-state index is 0.00679. The first kappa shape index (κ1) is 27.4. The van der Waals surface area contributed by atoms with Crippen LogP contribution < -0.4 is 15.5 Å². The highest BCUT2D eigenvalue weighted by molar-refractivity contribution is 7.80. The molecule has 1 saturated carbocycles. The van der Waals surface area contributed by atoms with Crippen molar-refractivity contribution < 1.29 is 14.6 Å². The van der Waals surface area contributed by atoms with E-state index >= 15 is 0 Å². The molecule has 1 fully saturated rings. The lowest BCUT2D eigenvalue weighted by Gasteiger charge is -2.39. The summed E-state index contributed by atoms with van der Waals surface area (Å²) in [4.78, 5) is 14.6. The van der Waals surface area contributed by atoms with E-state index in [1.807, 2.05) is 20.8 Å². The number of benzene rings is 1. The van der Waals surface area contributed by atoms with Crippen molar-refractivity contribution in [3.8, 4) is 0 Å². The summed E-state index contributed by atoms with van der Waals surface area (Å²) in [7, 11) is 0. The Labute approximate surface area is 205 Å². The van der Waals surface area contributed by atoms with Gasteiger partial charge in [0.25, 0.3) is 0 Å². The second kappa shape index (κ2) is 13.8. The maximum Gasteiger partial charge on any atom is 0.306 e. The van der Waals surface area contributed by atoms with Gasteiger partial charge in [-0.1, -0.05) is 46.1 Å². The van der Waals surface area contributed by atoms with E-state index in [9.17, 15) is 9.90 Å². The fourth-order valence-electron chi connectivity index (χ4n) is 4.46. The van der Waals surface area contributed by atoms with Crippen LogP contribution in [0.5, 0.6) is 0 Å². The molecule has 0 spiro atoms. The van der Waals surface area contributed by atoms with Crippen LogP contribution in [0.1, 0.15) is 84.6 Å². The number of aliphatic hydroxyl groups is 1. The highest BCUT2D eigenvalue weighted by Crippen LogP contribution is 2.36. The first-order valence-corrected chi connectivity index (χ1v) is 12.9. The number of nitrogens with one attached hydrogen (secondary N) is 2. The summed E-state index contributed by atoms with van der Waals surface area (Å²) in [5.41, 5.74) is 3.15. The van der Waals surface area contributed by atoms with E-state index in [0.717, 1.165) is 23.5 Å². The van der Waals surface area contributed by atoms with Crippen molar-refractivity contribution in [3.63, 3.8) is 0 Å². The van der Waals surface area contributed by atoms with Crippen molar-refractivity contribution in [2.24, 2.45) is 5.92 Å². The zero-order valence-electron chi connectivity index (χ0n) is 21.0. The zero-order chi connectivity index (χ0) is 24.4. The summed E-state index contributed by atoms with van der Waals surface area (Å²) in [6.07, 6.45) is 6.61. The van der Waals surface area contributed by atoms with Crippen molar-refractivity contribution >= 4 is 34.7 Å². The average Bonchev–Trinajstić information content (AvgIpc) is 2.78. The molecule has 1 aliphatic carbocycles. The average molecular weight is 478 g/mol. The van der Waals surface area contributed by atoms with Gasteiger partial charge in [0.2, 0.25) is 0 Å². The summed E-state index contributed by atoms with van der Waals surface area (Å²) in [5.74, 6) is 0.382. The maximum atomic E-state index is 12.0. The number of carbonyl (C=O) groups is 1. The fourth-order valence-corrected chi connectivity index (χ4v) is 4.77. The SMILES string of the molecule is CCOC(=O)CC(C)c1ccc(N(CC(C)C)C2CCCCC2)c(NC(=S)NC(C)CO)c1. The van der Waals surface area contributed by atoms with Crippen molar-refractivity contribution in [3.05, 3.63) is 23.8 Å². The molecule has 0 heterocycles. The Morgan fingerprint density at radius 1 is 1.21 bits per heavy atom. The third kappa shape index (κ3) is 8.78. The third-order valence-corrected chi connectivity index (χ3v) is 6.37. The number of aliphatic hydroxyl groups excluding tert-OH is 1. The number of anilines is 2. The van der Waals surface area contributed by atoms with E-state index in [1.165, 1.54) is 32.1 Å². The van der Waals surface area contributed by atoms with Crippen LogP contribution in [0, 0.1) is 5.92 Å². The van der Waals surface area contributed by atoms with Crippen molar-refractivity contribution in [1.29, 1.82) is 0 Å². The number of thiocarbonyl (C=S) groups is 1. The highest BCUT2D eigenvalue weighted by Gasteiger charge is 2.25. The van der Waals surface area contributed by atoms with E-state index < -0.39 is 0 Å². The number of ether oxygens (including phenoxy) is 1. The third-order valence-electron chi connectivity index (χ3n) is 6.15. The van der Waals surface area contributed by atoms with Crippen LogP contribution in [0.2, 0.25) is 0 Å². The van der Waals surface area contributed by atoms with E-state index in [0.29, 0.717) is 30.1 Å². The molecule has 0 amide bonds. The monoisotopic (exact) mass is 477 g/mol. The van der Waals surface area contributed by atoms with Crippen molar-refractivity contribution in [1.82, 2.24) is 5.32 Å². The topological polar surface area (TPSA) is 73.8 Å². The lowest BCUT2D eigenvalue weighted by atomic mass is 9.92. The van der Waals surface area contributed by atoms with Crippen molar-refractivity contribution in [2.75, 3.05) is 30.0 Å². The molecule has 0 saturated heterocycles. The summed E-state index contributed by atoms with van der Waals surface area (Å²) < 4.78 is 5.15. The zero-order valence-corrected chi connectivity index (χ0v) is 21.8. The minimum Gasteiger partial charge on any atom is -0.466 e. The van der Waals surface area contributed by atoms with Crippen LogP contribution >= 0.6 is 12.2 Å². The number of esters is 1. The van der Waals surface area contributed by atoms with Gasteiger partial charge in [0, 0.05) is 18.6 Å². The Balaban J connectivity index is 2.38. The molecule has 0 bridgehead atoms. The molecular weight excluding hydrogens is 434 g/mol. The standard InChI is InChI=1S/C26H43N3O3S/c1-6-32-25(31)14-19(4)21-12-13-24(23(15-21)28-26(33)27-20(5)17-30)29(16-18(2)3)22-10-8-7-9-11-22/h12-13,15,18-20,22,30H,6-11,14,16-17H2,1-5H3,(H2,27,28,33). The molecule has 186 valence electrons. The number of hydrogen-bond acceptors (Lipinski definition) is 5. The summed E-state index contributed by atoms with van der Waals surface area (Å²) in [6.45, 7) is 11.7. The minimum atomic E-state index is -0.179. The van der Waals surface area contributed by atoms with Gasteiger partial charge in [0.1, 0.15) is 0 Å². The molecule has 0 radical (unpaired) electrons. The van der Waals surface area contributed by atoms with E-state index in [1.54, 1.807) is 0 Å². The number of nitrogens with zero attached hydrogens (tertiary/aromatic N) is 1. The highest BCUT2D eigenvalue weighted by atomic mass is 32.1. The lowest BCUT2D eigenvalue weighted by Crippen LogP contribution is -2.41. The predicted octanol–water partition coefficient (Wildman–Crippen LogP) is 5.21. The molecule has 33 heavy (non-hydrogen) atoms. The van der Waals surface area contributed by atoms with Crippen LogP contribution in [0.3, 0.4) is 0 Å². The second-order valence-electron chi connectivity index (χ2n) is 9.71. The molecule has 2 atom stereocenters. The molecule has 2 unspecified atom stereocenters. The summed E-state index contributed by atoms with van der Waals surface area (Å²) in [6, 6.07) is 6.81. The van der Waals surface area contributed by atoms with Gasteiger partial charge < -0.3 is 25.4 Å². The van der Waals surface area contributed by atoms with Gasteiger partial charge in [-0.25, -0.2) is 0 Å². The van der Waals surface area contributed by atoms with Crippen LogP contribution in [0.4, 0.5) is 11.4 Å². The van der Waals surface area contributed by atoms with E-state index in [4.69, 9.17) is 17.0 Å². The van der Waals surface area contributed by atoms with Gasteiger partial charge in [0.15, 0.2) is 5.11 Å². The maximum absolute atomic E-state index is 12.0. The molecule has 1 aromatic carbocycles. The van der Waals surface area contributed by atoms with Gasteiger partial charge in [-0.2, -0.15) is 0 Å². The Kier molecular flexibility index (Phi) is 11.4. The van der Waals surface area contributed by atoms with Crippen LogP contribution in [-0.4, -0.2) is 48.0 Å². The molecule has 0 aromatic heterocycles. The molecule has 1 aromatic rings. The van der Waals surface area contributed by atoms with Crippen LogP contribution in [0.15, 0.2) is 18.2 Å². The molecule has 7 heteroatoms. The molecular formula is C26H43N3O3S. The fraction of sp³-hybridized carbons (Fsp3) is 0.692. The number of carbonyl (C=O) groups excluding carboxylic acids is 1. The first-order chi connectivity index (χ1) is 15.7. The molecule has 3 N–H and O–H groups in total. The lowest BCUT2D eigenvalue weighted by molar-refractivity contribution is -0.143. The summed E-state index contributed by atoms with van der Waals surface area (Å²) in [5, 5.41) is 16.4. The summed E-state index contributed by atoms with van der Waals surface area (Å²) >= 11 is 5.56. The van der Waals surface area contributed by atoms with Gasteiger partial charge in [-0.15, -0.1) is 0 Å². The van der Waals surface area contributed by atoms with E-state index in [-0.39, 0.29) is 24.5 Å². The number of hydrogen-bond donors (Lipinski definition) is 3. The van der Waals surface area contributed by atoms with Gasteiger partial charge in [0.05, 0.1) is 31.0 Å². The van der Waals surface area contributed by atoms with E-state index in [2.05, 4.69) is 47.6 Å². The van der Waals surface area contributed by atoms with Gasteiger partial charge in [-0.05, 0) is 68.4 Å².